The number of nitrogen functional groups attached to an aromatic ring is 2. The van der Waals surface area contributed by atoms with Gasteiger partial charge in [-0.25, -0.2) is 42.1 Å². The van der Waals surface area contributed by atoms with E-state index in [2.05, 4.69) is 62.1 Å². The van der Waals surface area contributed by atoms with E-state index in [1.165, 1.54) is 57.6 Å². The predicted octanol–water partition coefficient (Wildman–Crippen LogP) is 9.73. The third kappa shape index (κ3) is 26.6. The van der Waals surface area contributed by atoms with Gasteiger partial charge in [0.1, 0.15) is 100 Å². The summed E-state index contributed by atoms with van der Waals surface area (Å²) in [4.78, 5) is 139. The summed E-state index contributed by atoms with van der Waals surface area (Å²) >= 11 is 6.15. The van der Waals surface area contributed by atoms with Crippen LogP contribution in [0.25, 0.3) is 16.9 Å². The molecule has 141 heavy (non-hydrogen) atoms. The maximum Gasteiger partial charge on any atom is 0.415 e. The van der Waals surface area contributed by atoms with E-state index in [0.717, 1.165) is 103 Å². The summed E-state index contributed by atoms with van der Waals surface area (Å²) in [6.45, 7) is 16.6. The Morgan fingerprint density at radius 1 is 0.447 bits per heavy atom. The highest BCUT2D eigenvalue weighted by Gasteiger charge is 2.39. The summed E-state index contributed by atoms with van der Waals surface area (Å²) in [6, 6.07) is 18.4. The lowest BCUT2D eigenvalue weighted by molar-refractivity contribution is 0.00731. The maximum atomic E-state index is 13.5. The van der Waals surface area contributed by atoms with Crippen LogP contribution in [0.1, 0.15) is 161 Å². The van der Waals surface area contributed by atoms with Crippen molar-refractivity contribution in [2.24, 2.45) is 0 Å². The molecule has 0 aromatic carbocycles. The van der Waals surface area contributed by atoms with Crippen LogP contribution in [-0.2, 0) is 23.7 Å². The van der Waals surface area contributed by atoms with Gasteiger partial charge < -0.3 is 85.3 Å². The van der Waals surface area contributed by atoms with Crippen molar-refractivity contribution in [1.82, 2.24) is 97.6 Å². The third-order valence-electron chi connectivity index (χ3n) is 25.5. The van der Waals surface area contributed by atoms with Gasteiger partial charge in [0.2, 0.25) is 0 Å². The summed E-state index contributed by atoms with van der Waals surface area (Å²) in [5, 5.41) is 31.2. The van der Waals surface area contributed by atoms with Gasteiger partial charge >= 0.3 is 12.2 Å². The molecule has 10 aromatic rings. The van der Waals surface area contributed by atoms with E-state index in [9.17, 15) is 60.7 Å². The number of nitrogens with zero attached hydrogens (tertiary/aromatic N) is 19. The van der Waals surface area contributed by atoms with Crippen LogP contribution in [0, 0.1) is 0 Å². The van der Waals surface area contributed by atoms with E-state index in [4.69, 9.17) is 46.8 Å². The minimum absolute atomic E-state index is 0. The summed E-state index contributed by atoms with van der Waals surface area (Å²) in [7, 11) is 9.69. The van der Waals surface area contributed by atoms with Gasteiger partial charge in [0.15, 0.2) is 16.9 Å². The van der Waals surface area contributed by atoms with E-state index in [1.807, 2.05) is 25.7 Å². The molecular formula is C93H128Cl3F4N27O14. The number of hydrogen-bond acceptors (Lipinski definition) is 29. The summed E-state index contributed by atoms with van der Waals surface area (Å²) in [5.41, 5.74) is 11.8. The number of carbonyl (C=O) groups excluding carboxylic acids is 5. The molecule has 0 bridgehead atoms. The quantitative estimate of drug-likeness (QED) is 0.0167. The zero-order valence-corrected chi connectivity index (χ0v) is 83.5. The molecule has 17 rings (SSSR count). The molecule has 5 amide bonds. The van der Waals surface area contributed by atoms with E-state index in [-0.39, 0.29) is 195 Å². The van der Waals surface area contributed by atoms with E-state index in [1.54, 1.807) is 172 Å². The smallest absolute Gasteiger partial charge is 0.415 e. The molecule has 0 spiro atoms. The van der Waals surface area contributed by atoms with Gasteiger partial charge in [-0.15, -0.1) is 24.8 Å². The summed E-state index contributed by atoms with van der Waals surface area (Å²) in [5.74, 6) is 0.875. The molecule has 3 saturated carbocycles. The first-order valence-electron chi connectivity index (χ1n) is 46.5. The van der Waals surface area contributed by atoms with Crippen LogP contribution in [0.4, 0.5) is 79.0 Å². The highest BCUT2D eigenvalue weighted by Crippen LogP contribution is 2.33. The number of fused-ring (bicyclic) bond motifs is 3. The standard InChI is InChI=1S/C29H39FN8O5.C24H31FN8O3.C18H24ClN5O4.2C11H16FN3O.2ClH/c1-29(2,3)43-28(41)35(4)24-15-23(32-21-7-6-12-37(27(21)40)18-10-13-36(17-18)14-11-30)34-25-19(16-31-38(24)25)26(39)33-20-8-9-22(20)42-5;1-26-21-12-20(28-18-4-3-9-32(24(18)35)15-7-10-31(14-15)11-8-25)30-22-16(13-27-33(21)22)23(34)29-17-5-6-19(17)36-2;1-18(2,3)28-17(26)23(4)14-8-13(19)22-15-10(9-20-24(14)15)16(25)21-11-6-7-12(11)27-5;2*12-4-7-14-6-3-9(8-14)15-5-1-2-10(13)11(15)16;;/h6-7,12,15-16,18,20,22H,8-11,13-14,17H2,1-5H3,(H,32,34)(H,33,39);3-4,9,12-13,15,17,19,26H,5-8,10-11,14H2,1-2H3,(H,28,30)(H,29,34);8-9,11-12H,6-7H2,1-5H3,(H,21,25);2*1-2,5,9H,3-4,6-8,13H2;2*1H/t18-,20?,22-;15-,17?,19-;11?,12-;2*9-;;/m11011../s1. The fourth-order valence-corrected chi connectivity index (χ4v) is 17.7. The number of anilines is 9. The van der Waals surface area contributed by atoms with E-state index >= 15 is 0 Å². The minimum atomic E-state index is -0.746. The van der Waals surface area contributed by atoms with Gasteiger partial charge in [-0.3, -0.25) is 63.0 Å². The number of aromatic nitrogens is 13. The first kappa shape index (κ1) is 109. The molecule has 4 saturated heterocycles. The summed E-state index contributed by atoms with van der Waals surface area (Å²) < 4.78 is 88.0. The van der Waals surface area contributed by atoms with Gasteiger partial charge in [-0.2, -0.15) is 28.8 Å². The fourth-order valence-electron chi connectivity index (χ4n) is 17.6. The molecule has 3 aliphatic carbocycles. The highest BCUT2D eigenvalue weighted by molar-refractivity contribution is 6.30. The van der Waals surface area contributed by atoms with Crippen molar-refractivity contribution in [2.45, 2.75) is 178 Å². The second-order valence-corrected chi connectivity index (χ2v) is 37.5. The van der Waals surface area contributed by atoms with Gasteiger partial charge in [0.05, 0.1) is 90.6 Å². The van der Waals surface area contributed by atoms with Gasteiger partial charge in [-0.1, -0.05) is 11.6 Å². The van der Waals surface area contributed by atoms with Crippen molar-refractivity contribution in [3.05, 3.63) is 173 Å². The number of ether oxygens (including phenoxy) is 5. The first-order chi connectivity index (χ1) is 66.5. The molecule has 10 aromatic heterocycles. The second kappa shape index (κ2) is 49.1. The number of halogens is 7. The third-order valence-corrected chi connectivity index (χ3v) is 25.7. The lowest BCUT2D eigenvalue weighted by Crippen LogP contribution is -2.51. The molecule has 7 fully saturated rings. The monoisotopic (exact) mass is 2030 g/mol. The Bertz CT molecular complexity index is 6150. The molecule has 10 N–H and O–H groups in total. The molecule has 14 heterocycles. The number of alkyl halides is 4. The normalized spacial score (nSPS) is 20.5. The summed E-state index contributed by atoms with van der Waals surface area (Å²) in [6.07, 6.45) is 18.5. The molecule has 0 radical (unpaired) electrons. The Kier molecular flexibility index (Phi) is 38.0. The van der Waals surface area contributed by atoms with Crippen molar-refractivity contribution < 1.29 is 65.2 Å². The average molecular weight is 2030 g/mol. The lowest BCUT2D eigenvalue weighted by Gasteiger charge is -2.35. The molecule has 10 atom stereocenters. The zero-order chi connectivity index (χ0) is 99.8. The molecule has 48 heteroatoms. The topological polar surface area (TPSA) is 454 Å². The largest absolute Gasteiger partial charge is 0.443 e. The molecule has 4 aliphatic heterocycles. The van der Waals surface area contributed by atoms with Crippen LogP contribution in [0.15, 0.2) is 129 Å². The number of nitrogens with one attached hydrogen (secondary N) is 6. The van der Waals surface area contributed by atoms with E-state index in [0.29, 0.717) is 73.6 Å². The van der Waals surface area contributed by atoms with Crippen molar-refractivity contribution in [3.63, 3.8) is 0 Å². The zero-order valence-electron chi connectivity index (χ0n) is 81.1. The predicted molar refractivity (Wildman–Crippen MR) is 534 cm³/mol. The maximum absolute atomic E-state index is 13.5. The SMILES string of the molecule is CNc1cc(Nc2cccn([C@@H]3CCN(CCF)C3)c2=O)nc2c(C(=O)NC3CC[C@H]3OC)cnn12.CO[C@@H]1CCC1NC(=O)c1cnn2c(N(C)C(=O)OC(C)(C)C)cc(Nc3cccn([C@@H]4CCN(CCF)C4)c3=O)nc12.CO[C@H]1CCC1NC(=O)c1cnn2c(N(C)C(=O)OC(C)(C)C)cc(Cl)nc12.Cl.Cl.Nc1cccn([C@@H]2CCN(CCF)C2)c1=O.Nc1cccn([C@@H]2CCN(CCF)C2)c1=O. The van der Waals surface area contributed by atoms with Crippen LogP contribution < -0.4 is 75.4 Å². The Morgan fingerprint density at radius 2 is 0.759 bits per heavy atom. The number of carbonyl (C=O) groups is 5. The van der Waals surface area contributed by atoms with Crippen molar-refractivity contribution >= 4 is 135 Å². The highest BCUT2D eigenvalue weighted by atomic mass is 35.5. The van der Waals surface area contributed by atoms with Crippen LogP contribution in [0.5, 0.6) is 0 Å². The van der Waals surface area contributed by atoms with Crippen LogP contribution >= 0.6 is 36.4 Å². The lowest BCUT2D eigenvalue weighted by atomic mass is 9.89. The number of nitrogens with two attached hydrogens (primary N) is 2. The Balaban J connectivity index is 0.000000176. The number of likely N-dealkylation sites (tertiary alicyclic amines) is 4. The van der Waals surface area contributed by atoms with Crippen LogP contribution in [-0.4, -0.2) is 307 Å². The Morgan fingerprint density at radius 3 is 1.08 bits per heavy atom. The van der Waals surface area contributed by atoms with Gasteiger partial charge in [0, 0.05) is 164 Å². The van der Waals surface area contributed by atoms with Crippen LogP contribution in [0.3, 0.4) is 0 Å². The minimum Gasteiger partial charge on any atom is -0.443 e. The fraction of sp³-hybridized carbons (Fsp3) is 0.538. The molecular weight excluding hydrogens is 1900 g/mol. The Hall–Kier alpha value is -12.1. The number of hydrogen-bond donors (Lipinski definition) is 8. The Labute approximate surface area is 829 Å². The first-order valence-corrected chi connectivity index (χ1v) is 46.9. The molecule has 3 unspecified atom stereocenters. The van der Waals surface area contributed by atoms with Crippen molar-refractivity contribution in [1.29, 1.82) is 0 Å². The van der Waals surface area contributed by atoms with Crippen LogP contribution in [0.2, 0.25) is 5.15 Å². The van der Waals surface area contributed by atoms with Crippen molar-refractivity contribution in [2.75, 3.05) is 185 Å². The van der Waals surface area contributed by atoms with Gasteiger partial charge in [-0.05, 0) is 154 Å². The van der Waals surface area contributed by atoms with Crippen molar-refractivity contribution in [3.8, 4) is 0 Å². The van der Waals surface area contributed by atoms with Gasteiger partial charge in [0.25, 0.3) is 40.0 Å². The second-order valence-electron chi connectivity index (χ2n) is 37.1. The molecule has 7 aliphatic rings. The average Bonchev–Trinajstić information content (AvgIpc) is 1.66. The molecule has 41 nitrogen and oxygen atoms in total. The molecule has 768 valence electrons. The number of pyridine rings is 4. The number of amides is 5. The van der Waals surface area contributed by atoms with E-state index < -0.39 is 36.7 Å². The number of methoxy groups -OCH3 is 3. The number of rotatable bonds is 28.